The Morgan fingerprint density at radius 3 is 2.60 bits per heavy atom. The summed E-state index contributed by atoms with van der Waals surface area (Å²) < 4.78 is 2.09. The summed E-state index contributed by atoms with van der Waals surface area (Å²) in [7, 11) is 0. The van der Waals surface area contributed by atoms with Crippen molar-refractivity contribution in [1.29, 1.82) is 0 Å². The highest BCUT2D eigenvalue weighted by atomic mass is 15.3. The molecule has 2 aromatic rings. The van der Waals surface area contributed by atoms with Crippen LogP contribution in [0, 0.1) is 5.92 Å². The van der Waals surface area contributed by atoms with Gasteiger partial charge in [-0.3, -0.25) is 0 Å². The summed E-state index contributed by atoms with van der Waals surface area (Å²) in [5.41, 5.74) is 2.46. The van der Waals surface area contributed by atoms with E-state index < -0.39 is 0 Å². The van der Waals surface area contributed by atoms with Crippen LogP contribution in [0.1, 0.15) is 38.4 Å². The lowest BCUT2D eigenvalue weighted by Gasteiger charge is -2.09. The maximum Gasteiger partial charge on any atom is 0.124 e. The Hall–Kier alpha value is -1.77. The van der Waals surface area contributed by atoms with Gasteiger partial charge in [-0.1, -0.05) is 51.1 Å². The highest BCUT2D eigenvalue weighted by molar-refractivity contribution is 5.38. The first-order valence-corrected chi connectivity index (χ1v) is 7.53. The van der Waals surface area contributed by atoms with E-state index in [-0.39, 0.29) is 0 Å². The average Bonchev–Trinajstić information content (AvgIpc) is 2.78. The van der Waals surface area contributed by atoms with E-state index in [4.69, 9.17) is 5.10 Å². The van der Waals surface area contributed by atoms with Crippen LogP contribution in [0.3, 0.4) is 0 Å². The largest absolute Gasteiger partial charge is 0.370 e. The Kier molecular flexibility index (Phi) is 5.22. The van der Waals surface area contributed by atoms with Crippen LogP contribution in [0.5, 0.6) is 0 Å². The molecule has 1 heterocycles. The van der Waals surface area contributed by atoms with Crippen molar-refractivity contribution in [2.45, 2.75) is 40.2 Å². The van der Waals surface area contributed by atoms with Gasteiger partial charge in [0.25, 0.3) is 0 Å². The Morgan fingerprint density at radius 1 is 1.20 bits per heavy atom. The lowest BCUT2D eigenvalue weighted by molar-refractivity contribution is 0.609. The molecule has 0 spiro atoms. The molecule has 0 saturated heterocycles. The summed E-state index contributed by atoms with van der Waals surface area (Å²) >= 11 is 0. The highest BCUT2D eigenvalue weighted by Gasteiger charge is 2.09. The van der Waals surface area contributed by atoms with Gasteiger partial charge in [0.1, 0.15) is 5.82 Å². The van der Waals surface area contributed by atoms with Gasteiger partial charge in [-0.15, -0.1) is 0 Å². The van der Waals surface area contributed by atoms with Crippen molar-refractivity contribution < 1.29 is 0 Å². The van der Waals surface area contributed by atoms with Gasteiger partial charge in [-0.25, -0.2) is 4.68 Å². The van der Waals surface area contributed by atoms with Gasteiger partial charge >= 0.3 is 0 Å². The van der Waals surface area contributed by atoms with E-state index >= 15 is 0 Å². The zero-order valence-electron chi connectivity index (χ0n) is 12.8. The fourth-order valence-electron chi connectivity index (χ4n) is 2.26. The van der Waals surface area contributed by atoms with E-state index in [0.717, 1.165) is 31.7 Å². The normalized spacial score (nSPS) is 11.0. The predicted molar refractivity (Wildman–Crippen MR) is 85.1 cm³/mol. The third kappa shape index (κ3) is 4.12. The van der Waals surface area contributed by atoms with Gasteiger partial charge in [-0.2, -0.15) is 5.10 Å². The van der Waals surface area contributed by atoms with Crippen LogP contribution >= 0.6 is 0 Å². The van der Waals surface area contributed by atoms with Crippen molar-refractivity contribution in [3.8, 4) is 0 Å². The second-order valence-electron chi connectivity index (χ2n) is 5.69. The number of hydrogen-bond acceptors (Lipinski definition) is 2. The SMILES string of the molecule is CCCNc1cc(CC(C)C)nn1Cc1ccccc1. The molecule has 0 radical (unpaired) electrons. The number of aromatic nitrogens is 2. The van der Waals surface area contributed by atoms with Crippen LogP contribution in [0.2, 0.25) is 0 Å². The van der Waals surface area contributed by atoms with Gasteiger partial charge in [0.15, 0.2) is 0 Å². The standard InChI is InChI=1S/C17H25N3/c1-4-10-18-17-12-16(11-14(2)3)19-20(17)13-15-8-6-5-7-9-15/h5-9,12,14,18H,4,10-11,13H2,1-3H3. The van der Waals surface area contributed by atoms with Crippen molar-refractivity contribution in [2.75, 3.05) is 11.9 Å². The second-order valence-corrected chi connectivity index (χ2v) is 5.69. The molecule has 0 aliphatic rings. The molecule has 0 atom stereocenters. The van der Waals surface area contributed by atoms with E-state index in [1.54, 1.807) is 0 Å². The molecule has 1 aromatic heterocycles. The van der Waals surface area contributed by atoms with E-state index in [9.17, 15) is 0 Å². The minimum absolute atomic E-state index is 0.633. The van der Waals surface area contributed by atoms with Crippen LogP contribution in [0.25, 0.3) is 0 Å². The summed E-state index contributed by atoms with van der Waals surface area (Å²) in [6, 6.07) is 12.7. The smallest absolute Gasteiger partial charge is 0.124 e. The van der Waals surface area contributed by atoms with Gasteiger partial charge in [0.2, 0.25) is 0 Å². The third-order valence-electron chi connectivity index (χ3n) is 3.18. The molecule has 0 unspecified atom stereocenters. The molecule has 3 heteroatoms. The first kappa shape index (κ1) is 14.6. The Bertz CT molecular complexity index is 514. The summed E-state index contributed by atoms with van der Waals surface area (Å²) in [5, 5.41) is 8.23. The van der Waals surface area contributed by atoms with Gasteiger partial charge in [0, 0.05) is 12.6 Å². The van der Waals surface area contributed by atoms with E-state index in [0.29, 0.717) is 5.92 Å². The van der Waals surface area contributed by atoms with Crippen molar-refractivity contribution >= 4 is 5.82 Å². The summed E-state index contributed by atoms with van der Waals surface area (Å²) in [4.78, 5) is 0. The molecule has 2 rings (SSSR count). The first-order valence-electron chi connectivity index (χ1n) is 7.53. The van der Waals surface area contributed by atoms with Crippen LogP contribution in [-0.2, 0) is 13.0 Å². The number of nitrogens with zero attached hydrogens (tertiary/aromatic N) is 2. The molecule has 3 nitrogen and oxygen atoms in total. The monoisotopic (exact) mass is 271 g/mol. The maximum absolute atomic E-state index is 4.75. The first-order chi connectivity index (χ1) is 9.69. The van der Waals surface area contributed by atoms with Crippen molar-refractivity contribution in [1.82, 2.24) is 9.78 Å². The molecule has 1 N–H and O–H groups in total. The summed E-state index contributed by atoms with van der Waals surface area (Å²) in [6.07, 6.45) is 2.15. The summed E-state index contributed by atoms with van der Waals surface area (Å²) in [5.74, 6) is 1.76. The Balaban J connectivity index is 2.17. The molecule has 0 fully saturated rings. The third-order valence-corrected chi connectivity index (χ3v) is 3.18. The maximum atomic E-state index is 4.75. The van der Waals surface area contributed by atoms with E-state index in [1.165, 1.54) is 11.3 Å². The lowest BCUT2D eigenvalue weighted by Crippen LogP contribution is -2.09. The van der Waals surface area contributed by atoms with Crippen LogP contribution in [-0.4, -0.2) is 16.3 Å². The quantitative estimate of drug-likeness (QED) is 0.826. The number of anilines is 1. The number of benzene rings is 1. The molecule has 1 aromatic carbocycles. The Labute approximate surface area is 122 Å². The molecule has 0 saturated carbocycles. The molecule has 0 amide bonds. The highest BCUT2D eigenvalue weighted by Crippen LogP contribution is 2.16. The lowest BCUT2D eigenvalue weighted by atomic mass is 10.1. The number of hydrogen-bond donors (Lipinski definition) is 1. The summed E-state index contributed by atoms with van der Waals surface area (Å²) in [6.45, 7) is 8.46. The van der Waals surface area contributed by atoms with Crippen molar-refractivity contribution in [3.63, 3.8) is 0 Å². The van der Waals surface area contributed by atoms with E-state index in [2.05, 4.69) is 61.1 Å². The topological polar surface area (TPSA) is 29.9 Å². The second kappa shape index (κ2) is 7.13. The fraction of sp³-hybridized carbons (Fsp3) is 0.471. The number of nitrogens with one attached hydrogen (secondary N) is 1. The Morgan fingerprint density at radius 2 is 1.95 bits per heavy atom. The van der Waals surface area contributed by atoms with E-state index in [1.807, 2.05) is 6.07 Å². The molecular formula is C17H25N3. The molecule has 0 bridgehead atoms. The fourth-order valence-corrected chi connectivity index (χ4v) is 2.26. The van der Waals surface area contributed by atoms with Crippen molar-refractivity contribution in [3.05, 3.63) is 47.7 Å². The van der Waals surface area contributed by atoms with Crippen molar-refractivity contribution in [2.24, 2.45) is 5.92 Å². The average molecular weight is 271 g/mol. The molecule has 0 aliphatic carbocycles. The predicted octanol–water partition coefficient (Wildman–Crippen LogP) is 3.95. The van der Waals surface area contributed by atoms with Crippen LogP contribution in [0.15, 0.2) is 36.4 Å². The zero-order valence-corrected chi connectivity index (χ0v) is 12.8. The number of rotatable bonds is 7. The van der Waals surface area contributed by atoms with Crippen LogP contribution < -0.4 is 5.32 Å². The minimum Gasteiger partial charge on any atom is -0.370 e. The van der Waals surface area contributed by atoms with Gasteiger partial charge in [-0.05, 0) is 24.3 Å². The van der Waals surface area contributed by atoms with Gasteiger partial charge < -0.3 is 5.32 Å². The zero-order chi connectivity index (χ0) is 14.4. The molecule has 20 heavy (non-hydrogen) atoms. The van der Waals surface area contributed by atoms with Crippen LogP contribution in [0.4, 0.5) is 5.82 Å². The molecule has 108 valence electrons. The minimum atomic E-state index is 0.633. The molecular weight excluding hydrogens is 246 g/mol. The van der Waals surface area contributed by atoms with Gasteiger partial charge in [0.05, 0.1) is 12.2 Å². The molecule has 0 aliphatic heterocycles.